The molecule has 2 rings (SSSR count). The lowest BCUT2D eigenvalue weighted by Crippen LogP contribution is -2.43. The van der Waals surface area contributed by atoms with Gasteiger partial charge < -0.3 is 10.1 Å². The fourth-order valence-corrected chi connectivity index (χ4v) is 4.69. The van der Waals surface area contributed by atoms with Crippen molar-refractivity contribution in [2.45, 2.75) is 37.8 Å². The highest BCUT2D eigenvalue weighted by atomic mass is 32.2. The molecule has 5 nitrogen and oxygen atoms in total. The average Bonchev–Trinajstić information content (AvgIpc) is 2.88. The predicted octanol–water partition coefficient (Wildman–Crippen LogP) is 0.179. The van der Waals surface area contributed by atoms with Gasteiger partial charge >= 0.3 is 0 Å². The van der Waals surface area contributed by atoms with E-state index in [1.54, 1.807) is 4.31 Å². The average molecular weight is 262 g/mol. The van der Waals surface area contributed by atoms with Crippen molar-refractivity contribution < 1.29 is 13.2 Å². The molecule has 0 aromatic rings. The standard InChI is InChI=1S/C11H22N2O3S/c1-12-8-10-4-2-6-13(10)17(14,15)9-11-5-3-7-16-11/h10-12H,2-9H2,1H3. The third-order valence-electron chi connectivity index (χ3n) is 3.54. The van der Waals surface area contributed by atoms with Gasteiger partial charge in [-0.25, -0.2) is 8.42 Å². The lowest BCUT2D eigenvalue weighted by Gasteiger charge is -2.25. The molecule has 2 unspecified atom stereocenters. The summed E-state index contributed by atoms with van der Waals surface area (Å²) in [5, 5.41) is 3.07. The van der Waals surface area contributed by atoms with Gasteiger partial charge in [-0.3, -0.25) is 0 Å². The molecule has 2 heterocycles. The van der Waals surface area contributed by atoms with Gasteiger partial charge in [0, 0.05) is 25.7 Å². The van der Waals surface area contributed by atoms with Crippen LogP contribution in [0.3, 0.4) is 0 Å². The molecule has 0 aromatic heterocycles. The Kier molecular flexibility index (Phi) is 4.41. The monoisotopic (exact) mass is 262 g/mol. The molecule has 0 aromatic carbocycles. The summed E-state index contributed by atoms with van der Waals surface area (Å²) in [6.45, 7) is 2.12. The number of rotatable bonds is 5. The molecule has 0 aliphatic carbocycles. The lowest BCUT2D eigenvalue weighted by molar-refractivity contribution is 0.126. The van der Waals surface area contributed by atoms with Crippen LogP contribution in [-0.2, 0) is 14.8 Å². The van der Waals surface area contributed by atoms with E-state index in [1.165, 1.54) is 0 Å². The van der Waals surface area contributed by atoms with E-state index in [1.807, 2.05) is 7.05 Å². The van der Waals surface area contributed by atoms with Crippen molar-refractivity contribution in [2.24, 2.45) is 0 Å². The van der Waals surface area contributed by atoms with Gasteiger partial charge in [0.25, 0.3) is 0 Å². The van der Waals surface area contributed by atoms with Crippen LogP contribution in [0.5, 0.6) is 0 Å². The molecule has 0 radical (unpaired) electrons. The molecule has 2 saturated heterocycles. The number of likely N-dealkylation sites (N-methyl/N-ethyl adjacent to an activating group) is 1. The van der Waals surface area contributed by atoms with Gasteiger partial charge in [0.05, 0.1) is 11.9 Å². The Balaban J connectivity index is 1.98. The van der Waals surface area contributed by atoms with Crippen molar-refractivity contribution in [2.75, 3.05) is 32.5 Å². The van der Waals surface area contributed by atoms with E-state index in [9.17, 15) is 8.42 Å². The minimum atomic E-state index is -3.15. The van der Waals surface area contributed by atoms with Crippen LogP contribution in [0.15, 0.2) is 0 Å². The van der Waals surface area contributed by atoms with Crippen LogP contribution < -0.4 is 5.32 Å². The number of nitrogens with one attached hydrogen (secondary N) is 1. The fraction of sp³-hybridized carbons (Fsp3) is 1.00. The second-order valence-electron chi connectivity index (χ2n) is 4.88. The van der Waals surface area contributed by atoms with Crippen molar-refractivity contribution in [3.63, 3.8) is 0 Å². The summed E-state index contributed by atoms with van der Waals surface area (Å²) < 4.78 is 31.7. The minimum absolute atomic E-state index is 0.0872. The van der Waals surface area contributed by atoms with E-state index in [4.69, 9.17) is 4.74 Å². The first-order valence-electron chi connectivity index (χ1n) is 6.39. The first-order chi connectivity index (χ1) is 8.13. The molecule has 1 N–H and O–H groups in total. The SMILES string of the molecule is CNCC1CCCN1S(=O)(=O)CC1CCCO1. The highest BCUT2D eigenvalue weighted by Gasteiger charge is 2.35. The van der Waals surface area contributed by atoms with Gasteiger partial charge in [0.2, 0.25) is 10.0 Å². The molecule has 0 bridgehead atoms. The summed E-state index contributed by atoms with van der Waals surface area (Å²) in [5.41, 5.74) is 0. The zero-order valence-electron chi connectivity index (χ0n) is 10.4. The molecule has 2 aliphatic rings. The molecule has 0 amide bonds. The summed E-state index contributed by atoms with van der Waals surface area (Å²) >= 11 is 0. The van der Waals surface area contributed by atoms with E-state index in [2.05, 4.69) is 5.32 Å². The van der Waals surface area contributed by atoms with Crippen LogP contribution in [0, 0.1) is 0 Å². The maximum absolute atomic E-state index is 12.3. The Labute approximate surface area is 104 Å². The summed E-state index contributed by atoms with van der Waals surface area (Å²) in [4.78, 5) is 0. The summed E-state index contributed by atoms with van der Waals surface area (Å²) in [7, 11) is -1.28. The quantitative estimate of drug-likeness (QED) is 0.768. The normalized spacial score (nSPS) is 31.1. The van der Waals surface area contributed by atoms with Crippen molar-refractivity contribution in [3.05, 3.63) is 0 Å². The second kappa shape index (κ2) is 5.65. The van der Waals surface area contributed by atoms with Gasteiger partial charge in [-0.2, -0.15) is 4.31 Å². The first kappa shape index (κ1) is 13.3. The van der Waals surface area contributed by atoms with E-state index >= 15 is 0 Å². The van der Waals surface area contributed by atoms with Crippen molar-refractivity contribution in [1.29, 1.82) is 0 Å². The molecule has 0 saturated carbocycles. The van der Waals surface area contributed by atoms with E-state index in [0.717, 1.165) is 32.2 Å². The van der Waals surface area contributed by atoms with Gasteiger partial charge in [0.1, 0.15) is 0 Å². The number of hydrogen-bond donors (Lipinski definition) is 1. The predicted molar refractivity (Wildman–Crippen MR) is 66.4 cm³/mol. The van der Waals surface area contributed by atoms with Gasteiger partial charge in [-0.1, -0.05) is 0 Å². The van der Waals surface area contributed by atoms with Gasteiger partial charge in [0.15, 0.2) is 0 Å². The van der Waals surface area contributed by atoms with Crippen molar-refractivity contribution in [3.8, 4) is 0 Å². The Bertz CT molecular complexity index is 339. The molecule has 2 atom stereocenters. The Morgan fingerprint density at radius 2 is 2.18 bits per heavy atom. The Morgan fingerprint density at radius 1 is 1.35 bits per heavy atom. The maximum atomic E-state index is 12.3. The molecule has 2 aliphatic heterocycles. The molecule has 17 heavy (non-hydrogen) atoms. The van der Waals surface area contributed by atoms with Crippen LogP contribution in [0.1, 0.15) is 25.7 Å². The second-order valence-corrected chi connectivity index (χ2v) is 6.84. The number of ether oxygens (including phenoxy) is 1. The Hall–Kier alpha value is -0.170. The van der Waals surface area contributed by atoms with Crippen LogP contribution in [0.4, 0.5) is 0 Å². The lowest BCUT2D eigenvalue weighted by atomic mass is 10.2. The minimum Gasteiger partial charge on any atom is -0.377 e. The Morgan fingerprint density at radius 3 is 2.82 bits per heavy atom. The van der Waals surface area contributed by atoms with Crippen LogP contribution in [-0.4, -0.2) is 57.4 Å². The van der Waals surface area contributed by atoms with E-state index in [-0.39, 0.29) is 17.9 Å². The topological polar surface area (TPSA) is 58.6 Å². The number of sulfonamides is 1. The molecule has 100 valence electrons. The first-order valence-corrected chi connectivity index (χ1v) is 8.00. The van der Waals surface area contributed by atoms with Crippen molar-refractivity contribution in [1.82, 2.24) is 9.62 Å². The number of hydrogen-bond acceptors (Lipinski definition) is 4. The third kappa shape index (κ3) is 3.19. The molecule has 6 heteroatoms. The van der Waals surface area contributed by atoms with E-state index < -0.39 is 10.0 Å². The summed E-state index contributed by atoms with van der Waals surface area (Å²) in [5.74, 6) is 0.160. The smallest absolute Gasteiger partial charge is 0.216 e. The highest BCUT2D eigenvalue weighted by Crippen LogP contribution is 2.23. The highest BCUT2D eigenvalue weighted by molar-refractivity contribution is 7.89. The van der Waals surface area contributed by atoms with E-state index in [0.29, 0.717) is 13.2 Å². The van der Waals surface area contributed by atoms with Gasteiger partial charge in [-0.15, -0.1) is 0 Å². The molecule has 0 spiro atoms. The summed E-state index contributed by atoms with van der Waals surface area (Å²) in [6.07, 6.45) is 3.71. The fourth-order valence-electron chi connectivity index (χ4n) is 2.72. The maximum Gasteiger partial charge on any atom is 0.216 e. The molecular formula is C11H22N2O3S. The number of nitrogens with zero attached hydrogens (tertiary/aromatic N) is 1. The largest absolute Gasteiger partial charge is 0.377 e. The van der Waals surface area contributed by atoms with Crippen LogP contribution in [0.2, 0.25) is 0 Å². The summed E-state index contributed by atoms with van der Waals surface area (Å²) in [6, 6.07) is 0.131. The van der Waals surface area contributed by atoms with Crippen molar-refractivity contribution >= 4 is 10.0 Å². The zero-order chi connectivity index (χ0) is 12.3. The zero-order valence-corrected chi connectivity index (χ0v) is 11.2. The van der Waals surface area contributed by atoms with Gasteiger partial charge in [-0.05, 0) is 32.7 Å². The van der Waals surface area contributed by atoms with Crippen LogP contribution >= 0.6 is 0 Å². The third-order valence-corrected chi connectivity index (χ3v) is 5.53. The molecular weight excluding hydrogens is 240 g/mol. The van der Waals surface area contributed by atoms with Crippen LogP contribution in [0.25, 0.3) is 0 Å². The molecule has 2 fully saturated rings.